The molecule has 3 aromatic carbocycles. The van der Waals surface area contributed by atoms with Crippen LogP contribution in [0.3, 0.4) is 0 Å². The molecular formula is C32H27BrN4O6. The molecule has 1 aromatic heterocycles. The topological polar surface area (TPSA) is 106 Å². The molecule has 0 aliphatic carbocycles. The third-order valence-electron chi connectivity index (χ3n) is 7.15. The first-order chi connectivity index (χ1) is 20.9. The molecule has 0 radical (unpaired) electrons. The highest BCUT2D eigenvalue weighted by molar-refractivity contribution is 9.10. The van der Waals surface area contributed by atoms with Gasteiger partial charge in [-0.3, -0.25) is 9.69 Å². The number of furan rings is 1. The molecule has 2 aliphatic rings. The summed E-state index contributed by atoms with van der Waals surface area (Å²) in [6, 6.07) is 20.9. The summed E-state index contributed by atoms with van der Waals surface area (Å²) in [6.45, 7) is 3.62. The predicted molar refractivity (Wildman–Crippen MR) is 165 cm³/mol. The number of fused-ring (bicyclic) bond motifs is 2. The Kier molecular flexibility index (Phi) is 7.49. The van der Waals surface area contributed by atoms with Gasteiger partial charge in [-0.1, -0.05) is 46.3 Å². The second-order valence-corrected chi connectivity index (χ2v) is 10.6. The largest absolute Gasteiger partial charge is 0.493 e. The van der Waals surface area contributed by atoms with E-state index in [1.807, 2.05) is 48.5 Å². The summed E-state index contributed by atoms with van der Waals surface area (Å²) >= 11 is 3.47. The van der Waals surface area contributed by atoms with Crippen molar-refractivity contribution in [3.63, 3.8) is 0 Å². The number of carbonyl (C=O) groups is 2. The SMILES string of the molecule is CCOC(=O)C1=C(C)N=C2N(c3ccccc3)N=C(C(=O)c3cc4cc(Br)ccc4o3)N2C1c1cccc(OC)c1OC. The summed E-state index contributed by atoms with van der Waals surface area (Å²) in [7, 11) is 3.05. The fraction of sp³-hybridized carbons (Fsp3) is 0.188. The van der Waals surface area contributed by atoms with Crippen LogP contribution in [0.25, 0.3) is 11.0 Å². The summed E-state index contributed by atoms with van der Waals surface area (Å²) in [5.41, 5.74) is 2.43. The maximum absolute atomic E-state index is 14.3. The van der Waals surface area contributed by atoms with Crippen LogP contribution in [-0.2, 0) is 9.53 Å². The zero-order valence-electron chi connectivity index (χ0n) is 23.8. The number of allylic oxidation sites excluding steroid dienone is 1. The van der Waals surface area contributed by atoms with Crippen LogP contribution >= 0.6 is 15.9 Å². The number of nitrogens with zero attached hydrogens (tertiary/aromatic N) is 4. The molecule has 11 heteroatoms. The second kappa shape index (κ2) is 11.4. The zero-order chi connectivity index (χ0) is 30.2. The zero-order valence-corrected chi connectivity index (χ0v) is 25.4. The van der Waals surface area contributed by atoms with Gasteiger partial charge in [-0.15, -0.1) is 5.10 Å². The quantitative estimate of drug-likeness (QED) is 0.159. The third kappa shape index (κ3) is 4.85. The lowest BCUT2D eigenvalue weighted by molar-refractivity contribution is -0.139. The Balaban J connectivity index is 1.59. The van der Waals surface area contributed by atoms with Crippen molar-refractivity contribution in [3.05, 3.63) is 99.9 Å². The molecule has 218 valence electrons. The molecule has 1 unspecified atom stereocenters. The van der Waals surface area contributed by atoms with E-state index in [2.05, 4.69) is 15.9 Å². The minimum atomic E-state index is -0.911. The molecule has 0 bridgehead atoms. The highest BCUT2D eigenvalue weighted by Crippen LogP contribution is 2.46. The Morgan fingerprint density at radius 2 is 1.79 bits per heavy atom. The molecule has 1 atom stereocenters. The Morgan fingerprint density at radius 3 is 2.51 bits per heavy atom. The number of ketones is 1. The Morgan fingerprint density at radius 1 is 1.00 bits per heavy atom. The Bertz CT molecular complexity index is 1850. The van der Waals surface area contributed by atoms with E-state index >= 15 is 0 Å². The van der Waals surface area contributed by atoms with Crippen molar-refractivity contribution in [1.29, 1.82) is 0 Å². The Hall–Kier alpha value is -4.90. The number of para-hydroxylation sites is 2. The number of esters is 1. The molecule has 0 N–H and O–H groups in total. The molecule has 0 fully saturated rings. The van der Waals surface area contributed by atoms with Gasteiger partial charge in [0.05, 0.1) is 37.8 Å². The van der Waals surface area contributed by atoms with Gasteiger partial charge in [0.15, 0.2) is 17.3 Å². The van der Waals surface area contributed by atoms with Crippen LogP contribution in [0.5, 0.6) is 11.5 Å². The normalized spacial score (nSPS) is 16.2. The van der Waals surface area contributed by atoms with Crippen molar-refractivity contribution in [2.24, 2.45) is 10.1 Å². The number of carbonyl (C=O) groups excluding carboxylic acids is 2. The molecule has 10 nitrogen and oxygen atoms in total. The third-order valence-corrected chi connectivity index (χ3v) is 7.64. The van der Waals surface area contributed by atoms with Crippen LogP contribution in [0.1, 0.15) is 36.0 Å². The number of hydrazone groups is 1. The van der Waals surface area contributed by atoms with Gasteiger partial charge in [-0.05, 0) is 56.3 Å². The van der Waals surface area contributed by atoms with Gasteiger partial charge in [0.1, 0.15) is 11.6 Å². The number of amidine groups is 1. The molecule has 43 heavy (non-hydrogen) atoms. The molecule has 0 saturated carbocycles. The van der Waals surface area contributed by atoms with Crippen molar-refractivity contribution < 1.29 is 28.2 Å². The van der Waals surface area contributed by atoms with Crippen LogP contribution in [0.2, 0.25) is 0 Å². The van der Waals surface area contributed by atoms with Crippen molar-refractivity contribution >= 4 is 56.1 Å². The molecule has 0 spiro atoms. The van der Waals surface area contributed by atoms with Crippen molar-refractivity contribution in [1.82, 2.24) is 4.90 Å². The number of halogens is 1. The van der Waals surface area contributed by atoms with Gasteiger partial charge in [-0.2, -0.15) is 5.01 Å². The fourth-order valence-corrected chi connectivity index (χ4v) is 5.66. The summed E-state index contributed by atoms with van der Waals surface area (Å²) < 4.78 is 23.7. The number of Topliss-reactive ketones (excluding diaryl/α,β-unsaturated/α-hetero) is 1. The monoisotopic (exact) mass is 642 g/mol. The van der Waals surface area contributed by atoms with Crippen LogP contribution in [0.4, 0.5) is 5.69 Å². The first kappa shape index (κ1) is 28.2. The number of methoxy groups -OCH3 is 2. The van der Waals surface area contributed by atoms with Crippen molar-refractivity contribution in [2.45, 2.75) is 19.9 Å². The first-order valence-electron chi connectivity index (χ1n) is 13.5. The summed E-state index contributed by atoms with van der Waals surface area (Å²) in [4.78, 5) is 34.3. The average molecular weight is 643 g/mol. The Labute approximate surface area is 256 Å². The lowest BCUT2D eigenvalue weighted by Gasteiger charge is -2.36. The number of hydrogen-bond acceptors (Lipinski definition) is 10. The van der Waals surface area contributed by atoms with E-state index < -0.39 is 17.8 Å². The van der Waals surface area contributed by atoms with Gasteiger partial charge in [0, 0.05) is 15.4 Å². The molecule has 0 amide bonds. The summed E-state index contributed by atoms with van der Waals surface area (Å²) in [6.07, 6.45) is 0. The van der Waals surface area contributed by atoms with E-state index in [-0.39, 0.29) is 23.8 Å². The highest BCUT2D eigenvalue weighted by atomic mass is 79.9. The summed E-state index contributed by atoms with van der Waals surface area (Å²) in [5.74, 6) is 0.200. The smallest absolute Gasteiger partial charge is 0.338 e. The first-order valence-corrected chi connectivity index (χ1v) is 14.3. The van der Waals surface area contributed by atoms with Gasteiger partial charge >= 0.3 is 5.97 Å². The minimum absolute atomic E-state index is 0.00453. The van der Waals surface area contributed by atoms with E-state index in [9.17, 15) is 9.59 Å². The second-order valence-electron chi connectivity index (χ2n) is 9.68. The number of hydrogen-bond donors (Lipinski definition) is 0. The number of guanidine groups is 1. The maximum atomic E-state index is 14.3. The average Bonchev–Trinajstić information content (AvgIpc) is 3.61. The van der Waals surface area contributed by atoms with Crippen LogP contribution < -0.4 is 14.5 Å². The van der Waals surface area contributed by atoms with Crippen LogP contribution in [0, 0.1) is 0 Å². The van der Waals surface area contributed by atoms with E-state index in [1.54, 1.807) is 48.0 Å². The standard InChI is InChI=1S/C32H27BrN4O6/c1-5-42-31(39)26-18(2)34-32-36(27(26)22-12-9-13-24(40-3)29(22)41-4)30(35-37(32)21-10-7-6-8-11-21)28(38)25-17-19-16-20(33)14-15-23(19)43-25/h6-17,27H,5H2,1-4H3. The lowest BCUT2D eigenvalue weighted by Crippen LogP contribution is -2.47. The number of aliphatic imine (C=N–C) groups is 1. The molecule has 4 aromatic rings. The summed E-state index contributed by atoms with van der Waals surface area (Å²) in [5, 5.41) is 7.12. The van der Waals surface area contributed by atoms with Gasteiger partial charge in [-0.25, -0.2) is 9.79 Å². The number of rotatable bonds is 8. The molecule has 2 aliphatic heterocycles. The van der Waals surface area contributed by atoms with E-state index in [1.165, 1.54) is 14.2 Å². The molecule has 6 rings (SSSR count). The number of ether oxygens (including phenoxy) is 3. The lowest BCUT2D eigenvalue weighted by atomic mass is 9.92. The van der Waals surface area contributed by atoms with Gasteiger partial charge in [0.2, 0.25) is 11.8 Å². The van der Waals surface area contributed by atoms with Crippen molar-refractivity contribution in [2.75, 3.05) is 25.8 Å². The van der Waals surface area contributed by atoms with Crippen molar-refractivity contribution in [3.8, 4) is 11.5 Å². The highest BCUT2D eigenvalue weighted by Gasteiger charge is 2.48. The van der Waals surface area contributed by atoms with Crippen LogP contribution in [0.15, 0.2) is 103 Å². The number of anilines is 1. The molecule has 3 heterocycles. The maximum Gasteiger partial charge on any atom is 0.338 e. The van der Waals surface area contributed by atoms with E-state index in [0.717, 1.165) is 9.86 Å². The van der Waals surface area contributed by atoms with E-state index in [0.29, 0.717) is 40.0 Å². The molecule has 0 saturated heterocycles. The number of benzene rings is 3. The fourth-order valence-electron chi connectivity index (χ4n) is 5.28. The molecular weight excluding hydrogens is 616 g/mol. The predicted octanol–water partition coefficient (Wildman–Crippen LogP) is 6.48. The van der Waals surface area contributed by atoms with E-state index in [4.69, 9.17) is 28.7 Å². The van der Waals surface area contributed by atoms with Gasteiger partial charge in [0.25, 0.3) is 5.78 Å². The van der Waals surface area contributed by atoms with Gasteiger partial charge < -0.3 is 18.6 Å². The minimum Gasteiger partial charge on any atom is -0.493 e. The van der Waals surface area contributed by atoms with Crippen LogP contribution in [-0.4, -0.2) is 49.3 Å².